The maximum Gasteiger partial charge on any atom is 0.159 e. The van der Waals surface area contributed by atoms with E-state index in [1.54, 1.807) is 0 Å². The molecule has 2 heterocycles. The summed E-state index contributed by atoms with van der Waals surface area (Å²) in [7, 11) is 0. The largest absolute Gasteiger partial charge is 0.309 e. The number of nitrogens with zero attached hydrogens (tertiary/aromatic N) is 3. The van der Waals surface area contributed by atoms with E-state index in [1.165, 1.54) is 71.6 Å². The summed E-state index contributed by atoms with van der Waals surface area (Å²) in [6.07, 6.45) is 1.98. The third kappa shape index (κ3) is 4.00. The molecule has 0 atom stereocenters. The van der Waals surface area contributed by atoms with Gasteiger partial charge in [0.25, 0.3) is 0 Å². The minimum absolute atomic E-state index is 0.749. The van der Waals surface area contributed by atoms with E-state index in [4.69, 9.17) is 9.97 Å². The van der Waals surface area contributed by atoms with E-state index in [9.17, 15) is 0 Å². The lowest BCUT2D eigenvalue weighted by molar-refractivity contribution is 1.18. The second-order valence-corrected chi connectivity index (χ2v) is 12.2. The van der Waals surface area contributed by atoms with Crippen LogP contribution in [0.2, 0.25) is 0 Å². The van der Waals surface area contributed by atoms with Gasteiger partial charge in [-0.1, -0.05) is 133 Å². The van der Waals surface area contributed by atoms with Gasteiger partial charge in [0.2, 0.25) is 0 Å². The Hall–Kier alpha value is -6.32. The van der Waals surface area contributed by atoms with Gasteiger partial charge in [-0.3, -0.25) is 0 Å². The Morgan fingerprint density at radius 1 is 0.426 bits per heavy atom. The lowest BCUT2D eigenvalue weighted by Gasteiger charge is -2.10. The van der Waals surface area contributed by atoms with E-state index in [0.717, 1.165) is 22.6 Å². The Morgan fingerprint density at radius 2 is 1.04 bits per heavy atom. The molecule has 1 aliphatic carbocycles. The van der Waals surface area contributed by atoms with Gasteiger partial charge in [0, 0.05) is 39.3 Å². The van der Waals surface area contributed by atoms with Crippen molar-refractivity contribution >= 4 is 32.6 Å². The van der Waals surface area contributed by atoms with Gasteiger partial charge >= 0.3 is 0 Å². The molecule has 1 aliphatic rings. The van der Waals surface area contributed by atoms with Gasteiger partial charge in [-0.2, -0.15) is 0 Å². The molecule has 47 heavy (non-hydrogen) atoms. The van der Waals surface area contributed by atoms with Crippen LogP contribution >= 0.6 is 0 Å². The maximum atomic E-state index is 5.06. The molecule has 0 N–H and O–H groups in total. The summed E-state index contributed by atoms with van der Waals surface area (Å²) in [4.78, 5) is 9.85. The summed E-state index contributed by atoms with van der Waals surface area (Å²) in [6, 6.07) is 56.5. The van der Waals surface area contributed by atoms with Crippen LogP contribution < -0.4 is 0 Å². The number of hydrogen-bond acceptors (Lipinski definition) is 2. The minimum Gasteiger partial charge on any atom is -0.309 e. The average Bonchev–Trinajstić information content (AvgIpc) is 3.65. The van der Waals surface area contributed by atoms with Crippen molar-refractivity contribution in [2.45, 2.75) is 0 Å². The molecule has 7 aromatic carbocycles. The van der Waals surface area contributed by atoms with E-state index in [1.807, 2.05) is 6.20 Å². The van der Waals surface area contributed by atoms with Gasteiger partial charge in [-0.05, 0) is 62.9 Å². The zero-order chi connectivity index (χ0) is 30.9. The fourth-order valence-corrected chi connectivity index (χ4v) is 7.36. The molecular weight excluding hydrogens is 571 g/mol. The quantitative estimate of drug-likeness (QED) is 0.202. The van der Waals surface area contributed by atoms with Gasteiger partial charge in [0.15, 0.2) is 5.82 Å². The molecule has 0 spiro atoms. The molecule has 218 valence electrons. The van der Waals surface area contributed by atoms with Crippen LogP contribution in [0.15, 0.2) is 164 Å². The first-order chi connectivity index (χ1) is 23.3. The number of para-hydroxylation sites is 2. The van der Waals surface area contributed by atoms with Crippen LogP contribution in [0.5, 0.6) is 0 Å². The highest BCUT2D eigenvalue weighted by Crippen LogP contribution is 2.46. The molecule has 0 amide bonds. The SMILES string of the molecule is c1ccc(-n2c3ccccc3c3ccc(-c4ccc(-c5ccc(-c6ncc7c(n6)-c6cccc8cccc-7c68)cc5)cc4)cc32)cc1. The fraction of sp³-hybridized carbons (Fsp3) is 0. The molecule has 2 aromatic heterocycles. The van der Waals surface area contributed by atoms with E-state index < -0.39 is 0 Å². The van der Waals surface area contributed by atoms with Crippen molar-refractivity contribution in [2.24, 2.45) is 0 Å². The molecule has 0 unspecified atom stereocenters. The van der Waals surface area contributed by atoms with Crippen LogP contribution in [0.4, 0.5) is 0 Å². The highest BCUT2D eigenvalue weighted by Gasteiger charge is 2.23. The summed E-state index contributed by atoms with van der Waals surface area (Å²) >= 11 is 0. The molecule has 0 aliphatic heterocycles. The molecule has 3 nitrogen and oxygen atoms in total. The molecular formula is C44H27N3. The third-order valence-corrected chi connectivity index (χ3v) is 9.62. The number of aromatic nitrogens is 3. The summed E-state index contributed by atoms with van der Waals surface area (Å²) in [5, 5.41) is 5.04. The Bertz CT molecular complexity index is 2640. The zero-order valence-corrected chi connectivity index (χ0v) is 25.4. The molecule has 0 fully saturated rings. The van der Waals surface area contributed by atoms with Crippen molar-refractivity contribution in [3.05, 3.63) is 164 Å². The summed E-state index contributed by atoms with van der Waals surface area (Å²) in [6.45, 7) is 0. The lowest BCUT2D eigenvalue weighted by atomic mass is 9.98. The van der Waals surface area contributed by atoms with Crippen LogP contribution in [0, 0.1) is 0 Å². The van der Waals surface area contributed by atoms with Crippen LogP contribution in [-0.4, -0.2) is 14.5 Å². The van der Waals surface area contributed by atoms with Gasteiger partial charge in [0.1, 0.15) is 0 Å². The molecule has 0 saturated carbocycles. The lowest BCUT2D eigenvalue weighted by Crippen LogP contribution is -1.93. The van der Waals surface area contributed by atoms with E-state index in [0.29, 0.717) is 0 Å². The van der Waals surface area contributed by atoms with Crippen LogP contribution in [-0.2, 0) is 0 Å². The van der Waals surface area contributed by atoms with Crippen LogP contribution in [0.1, 0.15) is 0 Å². The van der Waals surface area contributed by atoms with Crippen molar-refractivity contribution in [2.75, 3.05) is 0 Å². The highest BCUT2D eigenvalue weighted by molar-refractivity contribution is 6.14. The van der Waals surface area contributed by atoms with Crippen molar-refractivity contribution in [1.29, 1.82) is 0 Å². The first-order valence-corrected chi connectivity index (χ1v) is 16.0. The van der Waals surface area contributed by atoms with E-state index >= 15 is 0 Å². The van der Waals surface area contributed by atoms with Crippen molar-refractivity contribution in [3.8, 4) is 61.7 Å². The molecule has 3 heteroatoms. The molecule has 0 saturated heterocycles. The van der Waals surface area contributed by atoms with E-state index in [2.05, 4.69) is 162 Å². The Morgan fingerprint density at radius 3 is 1.81 bits per heavy atom. The van der Waals surface area contributed by atoms with Gasteiger partial charge in [0.05, 0.1) is 16.7 Å². The van der Waals surface area contributed by atoms with Crippen molar-refractivity contribution in [3.63, 3.8) is 0 Å². The van der Waals surface area contributed by atoms with Gasteiger partial charge < -0.3 is 4.57 Å². The third-order valence-electron chi connectivity index (χ3n) is 9.62. The van der Waals surface area contributed by atoms with E-state index in [-0.39, 0.29) is 0 Å². The second kappa shape index (κ2) is 10.1. The number of benzene rings is 7. The first-order valence-electron chi connectivity index (χ1n) is 16.0. The minimum atomic E-state index is 0.749. The van der Waals surface area contributed by atoms with Gasteiger partial charge in [-0.15, -0.1) is 0 Å². The smallest absolute Gasteiger partial charge is 0.159 e. The summed E-state index contributed by atoms with van der Waals surface area (Å²) in [5.74, 6) is 0.749. The summed E-state index contributed by atoms with van der Waals surface area (Å²) in [5.41, 5.74) is 13.9. The Balaban J connectivity index is 0.968. The second-order valence-electron chi connectivity index (χ2n) is 12.2. The monoisotopic (exact) mass is 597 g/mol. The van der Waals surface area contributed by atoms with Crippen LogP contribution in [0.3, 0.4) is 0 Å². The van der Waals surface area contributed by atoms with Crippen molar-refractivity contribution in [1.82, 2.24) is 14.5 Å². The maximum absolute atomic E-state index is 5.06. The van der Waals surface area contributed by atoms with Gasteiger partial charge in [-0.25, -0.2) is 9.97 Å². The first kappa shape index (κ1) is 26.0. The topological polar surface area (TPSA) is 30.7 Å². The Labute approximate surface area is 272 Å². The number of hydrogen-bond donors (Lipinski definition) is 0. The average molecular weight is 598 g/mol. The molecule has 10 rings (SSSR count). The number of fused-ring (bicyclic) bond motifs is 6. The normalized spacial score (nSPS) is 11.8. The predicted octanol–water partition coefficient (Wildman–Crippen LogP) is 11.4. The molecule has 9 aromatic rings. The zero-order valence-electron chi connectivity index (χ0n) is 25.4. The molecule has 0 bridgehead atoms. The fourth-order valence-electron chi connectivity index (χ4n) is 7.36. The summed E-state index contributed by atoms with van der Waals surface area (Å²) < 4.78 is 2.37. The predicted molar refractivity (Wildman–Crippen MR) is 195 cm³/mol. The highest BCUT2D eigenvalue weighted by atomic mass is 15.0. The standard InChI is InChI=1S/C44H27N3/c1-2-10-34(11-3-1)47-40-15-5-4-12-35(40)36-25-24-33(26-41(36)47)30-18-16-28(17-19-30)29-20-22-32(23-21-29)44-45-27-39-37-13-6-8-31-9-7-14-38(42(31)37)43(39)46-44/h1-27H. The van der Waals surface area contributed by atoms with Crippen molar-refractivity contribution < 1.29 is 0 Å². The van der Waals surface area contributed by atoms with Crippen LogP contribution in [0.25, 0.3) is 94.3 Å². The molecule has 0 radical (unpaired) electrons. The number of rotatable bonds is 4. The Kier molecular flexibility index (Phi) is 5.57.